The zero-order valence-corrected chi connectivity index (χ0v) is 40.2. The molecule has 9 heteroatoms. The highest BCUT2D eigenvalue weighted by atomic mass is 15.2. The second kappa shape index (κ2) is 17.1. The molecule has 9 nitrogen and oxygen atoms in total. The van der Waals surface area contributed by atoms with E-state index >= 15 is 0 Å². The van der Waals surface area contributed by atoms with Crippen LogP contribution in [-0.4, -0.2) is 43.6 Å². The number of benzene rings is 10. The van der Waals surface area contributed by atoms with Crippen molar-refractivity contribution in [2.24, 2.45) is 0 Å². The first-order valence-corrected chi connectivity index (χ1v) is 25.0. The molecule has 5 heterocycles. The predicted octanol–water partition coefficient (Wildman–Crippen LogP) is 15.7. The van der Waals surface area contributed by atoms with Crippen molar-refractivity contribution in [3.63, 3.8) is 0 Å². The van der Waals surface area contributed by atoms with Gasteiger partial charge in [0.2, 0.25) is 5.95 Å². The van der Waals surface area contributed by atoms with Crippen LogP contribution in [0.1, 0.15) is 0 Å². The molecule has 0 N–H and O–H groups in total. The number of para-hydroxylation sites is 4. The average molecular weight is 960 g/mol. The van der Waals surface area contributed by atoms with Crippen LogP contribution in [0, 0.1) is 0 Å². The third-order valence-electron chi connectivity index (χ3n) is 14.3. The minimum Gasteiger partial charge on any atom is -0.309 e. The molecule has 0 unspecified atom stereocenters. The molecule has 0 aliphatic carbocycles. The fourth-order valence-electron chi connectivity index (χ4n) is 11.0. The van der Waals surface area contributed by atoms with Crippen LogP contribution in [0.2, 0.25) is 0 Å². The van der Waals surface area contributed by atoms with Gasteiger partial charge < -0.3 is 9.13 Å². The first-order valence-electron chi connectivity index (χ1n) is 25.0. The van der Waals surface area contributed by atoms with Crippen LogP contribution >= 0.6 is 0 Å². The number of aromatic nitrogens is 9. The highest BCUT2D eigenvalue weighted by Gasteiger charge is 2.24. The first kappa shape index (κ1) is 42.3. The van der Waals surface area contributed by atoms with E-state index in [1.54, 1.807) is 0 Å². The molecule has 0 amide bonds. The largest absolute Gasteiger partial charge is 0.309 e. The minimum absolute atomic E-state index is 0.541. The van der Waals surface area contributed by atoms with Crippen LogP contribution in [-0.2, 0) is 0 Å². The topological polar surface area (TPSA) is 92.1 Å². The molecule has 10 aromatic carbocycles. The van der Waals surface area contributed by atoms with E-state index in [-0.39, 0.29) is 0 Å². The van der Waals surface area contributed by atoms with E-state index in [4.69, 9.17) is 29.9 Å². The van der Waals surface area contributed by atoms with Crippen molar-refractivity contribution >= 4 is 65.4 Å². The molecule has 15 rings (SSSR count). The van der Waals surface area contributed by atoms with Crippen molar-refractivity contribution in [2.75, 3.05) is 0 Å². The predicted molar refractivity (Wildman–Crippen MR) is 303 cm³/mol. The molecule has 0 saturated heterocycles. The number of fused-ring (bicyclic) bond motifs is 10. The van der Waals surface area contributed by atoms with E-state index in [0.717, 1.165) is 105 Å². The van der Waals surface area contributed by atoms with Gasteiger partial charge in [0.15, 0.2) is 29.1 Å². The quantitative estimate of drug-likeness (QED) is 0.151. The van der Waals surface area contributed by atoms with Gasteiger partial charge in [-0.25, -0.2) is 19.9 Å². The molecular weight excluding hydrogens is 919 g/mol. The Hall–Kier alpha value is -10.4. The lowest BCUT2D eigenvalue weighted by atomic mass is 10.1. The first-order chi connectivity index (χ1) is 37.2. The summed E-state index contributed by atoms with van der Waals surface area (Å²) in [5.74, 6) is 3.52. The molecular formula is C66H41N9. The molecule has 0 bridgehead atoms. The summed E-state index contributed by atoms with van der Waals surface area (Å²) in [4.78, 5) is 31.2. The van der Waals surface area contributed by atoms with Gasteiger partial charge in [0.25, 0.3) is 0 Å². The maximum Gasteiger partial charge on any atom is 0.238 e. The van der Waals surface area contributed by atoms with Crippen molar-refractivity contribution in [3.8, 4) is 74.3 Å². The SMILES string of the molecule is c1ccc(-c2nc(-c3cccc(-n4c5ccccc5c5ccc6c(c7ccccc7n6-c6nc(-c7ccccc7)nc(-c7ccccc7)n6)c54)c3)nc(-c3ccc4c(c3)c3ccccc3n4-c3ccccc3)n2)cc1. The normalized spacial score (nSPS) is 11.7. The van der Waals surface area contributed by atoms with E-state index in [1.165, 1.54) is 0 Å². The molecule has 0 fully saturated rings. The Labute approximate surface area is 430 Å². The highest BCUT2D eigenvalue weighted by Crippen LogP contribution is 2.43. The second-order valence-corrected chi connectivity index (χ2v) is 18.7. The Morgan fingerprint density at radius 3 is 1.24 bits per heavy atom. The van der Waals surface area contributed by atoms with Crippen molar-refractivity contribution in [3.05, 3.63) is 249 Å². The Morgan fingerprint density at radius 2 is 0.640 bits per heavy atom. The number of hydrogen-bond acceptors (Lipinski definition) is 6. The fourth-order valence-corrected chi connectivity index (χ4v) is 11.0. The van der Waals surface area contributed by atoms with Gasteiger partial charge in [-0.1, -0.05) is 182 Å². The van der Waals surface area contributed by atoms with Crippen LogP contribution in [0.5, 0.6) is 0 Å². The number of hydrogen-bond donors (Lipinski definition) is 0. The summed E-state index contributed by atoms with van der Waals surface area (Å²) in [6, 6.07) is 86.3. The number of nitrogens with zero attached hydrogens (tertiary/aromatic N) is 9. The average Bonchev–Trinajstić information content (AvgIpc) is 4.25. The zero-order chi connectivity index (χ0) is 49.4. The van der Waals surface area contributed by atoms with Crippen LogP contribution in [0.4, 0.5) is 0 Å². The van der Waals surface area contributed by atoms with Crippen LogP contribution in [0.25, 0.3) is 140 Å². The van der Waals surface area contributed by atoms with E-state index in [1.807, 2.05) is 78.9 Å². The summed E-state index contributed by atoms with van der Waals surface area (Å²) in [6.45, 7) is 0. The summed E-state index contributed by atoms with van der Waals surface area (Å²) in [7, 11) is 0. The van der Waals surface area contributed by atoms with E-state index in [0.29, 0.717) is 35.1 Å². The van der Waals surface area contributed by atoms with E-state index in [9.17, 15) is 0 Å². The lowest BCUT2D eigenvalue weighted by molar-refractivity contribution is 0.953. The number of rotatable bonds is 8. The third kappa shape index (κ3) is 6.94. The fraction of sp³-hybridized carbons (Fsp3) is 0. The summed E-state index contributed by atoms with van der Waals surface area (Å²) in [6.07, 6.45) is 0. The summed E-state index contributed by atoms with van der Waals surface area (Å²) in [5, 5.41) is 6.74. The second-order valence-electron chi connectivity index (χ2n) is 18.7. The van der Waals surface area contributed by atoms with Gasteiger partial charge in [-0.2, -0.15) is 9.97 Å². The standard InChI is InChI=1S/C66H41N9/c1-5-20-42(21-6-1)61-67-64(70-65(68-61)46-36-38-57-53(41-46)50-31-14-16-33-54(50)73(57)47-27-11-4-12-28-47)45-26-19-29-48(40-45)74-55-34-17-13-30-49(55)51-37-39-58-59(60(51)74)52-32-15-18-35-56(52)75(58)66-71-62(43-22-7-2-8-23-43)69-63(72-66)44-24-9-3-10-25-44/h1-41H. The lowest BCUT2D eigenvalue weighted by Gasteiger charge is -2.13. The van der Waals surface area contributed by atoms with Gasteiger partial charge in [0.1, 0.15) is 0 Å². The van der Waals surface area contributed by atoms with Crippen molar-refractivity contribution < 1.29 is 0 Å². The van der Waals surface area contributed by atoms with Gasteiger partial charge >= 0.3 is 0 Å². The summed E-state index contributed by atoms with van der Waals surface area (Å²) < 4.78 is 6.91. The van der Waals surface area contributed by atoms with E-state index in [2.05, 4.69) is 184 Å². The highest BCUT2D eigenvalue weighted by molar-refractivity contribution is 6.26. The monoisotopic (exact) mass is 959 g/mol. The Morgan fingerprint density at radius 1 is 0.227 bits per heavy atom. The molecule has 75 heavy (non-hydrogen) atoms. The van der Waals surface area contributed by atoms with Crippen molar-refractivity contribution in [1.82, 2.24) is 43.6 Å². The Kier molecular flexibility index (Phi) is 9.67. The Balaban J connectivity index is 0.937. The minimum atomic E-state index is 0.541. The third-order valence-corrected chi connectivity index (χ3v) is 14.3. The molecule has 0 atom stereocenters. The molecule has 0 saturated carbocycles. The molecule has 15 aromatic rings. The molecule has 0 aliphatic rings. The van der Waals surface area contributed by atoms with Gasteiger partial charge in [-0.3, -0.25) is 4.57 Å². The summed E-state index contributed by atoms with van der Waals surface area (Å²) in [5.41, 5.74) is 13.0. The maximum absolute atomic E-state index is 5.32. The molecule has 0 spiro atoms. The van der Waals surface area contributed by atoms with Crippen molar-refractivity contribution in [2.45, 2.75) is 0 Å². The van der Waals surface area contributed by atoms with E-state index < -0.39 is 0 Å². The summed E-state index contributed by atoms with van der Waals surface area (Å²) >= 11 is 0. The molecule has 5 aromatic heterocycles. The lowest BCUT2D eigenvalue weighted by Crippen LogP contribution is -2.06. The maximum atomic E-state index is 5.32. The van der Waals surface area contributed by atoms with Gasteiger partial charge in [-0.05, 0) is 66.7 Å². The molecule has 0 radical (unpaired) electrons. The smallest absolute Gasteiger partial charge is 0.238 e. The van der Waals surface area contributed by atoms with Crippen molar-refractivity contribution in [1.29, 1.82) is 0 Å². The Bertz CT molecular complexity index is 4640. The van der Waals surface area contributed by atoms with Gasteiger partial charge in [-0.15, -0.1) is 0 Å². The van der Waals surface area contributed by atoms with Crippen LogP contribution < -0.4 is 0 Å². The zero-order valence-electron chi connectivity index (χ0n) is 40.2. The molecule has 350 valence electrons. The van der Waals surface area contributed by atoms with Crippen LogP contribution in [0.3, 0.4) is 0 Å². The van der Waals surface area contributed by atoms with Gasteiger partial charge in [0.05, 0.1) is 33.1 Å². The molecule has 0 aliphatic heterocycles. The van der Waals surface area contributed by atoms with Crippen LogP contribution in [0.15, 0.2) is 249 Å². The van der Waals surface area contributed by atoms with Gasteiger partial charge in [0, 0.05) is 71.5 Å².